The van der Waals surface area contributed by atoms with Crippen molar-refractivity contribution in [3.05, 3.63) is 52.3 Å². The van der Waals surface area contributed by atoms with Crippen LogP contribution in [0.3, 0.4) is 0 Å². The predicted octanol–water partition coefficient (Wildman–Crippen LogP) is 4.68. The molecule has 0 saturated heterocycles. The van der Waals surface area contributed by atoms with Gasteiger partial charge in [-0.15, -0.1) is 0 Å². The molecule has 22 heavy (non-hydrogen) atoms. The van der Waals surface area contributed by atoms with Gasteiger partial charge in [-0.05, 0) is 75.9 Å². The SMILES string of the molecule is Nc1c(Br)cc(Br)c2c1C(=O)c1c(Br)cc(Br)c(N)c1C2=O. The molecule has 2 aromatic rings. The van der Waals surface area contributed by atoms with Crippen molar-refractivity contribution in [1.29, 1.82) is 0 Å². The number of benzene rings is 2. The van der Waals surface area contributed by atoms with Gasteiger partial charge in [-0.1, -0.05) is 0 Å². The van der Waals surface area contributed by atoms with Crippen molar-refractivity contribution < 1.29 is 9.59 Å². The summed E-state index contributed by atoms with van der Waals surface area (Å²) in [6, 6.07) is 3.29. The van der Waals surface area contributed by atoms with Crippen LogP contribution in [-0.2, 0) is 0 Å². The van der Waals surface area contributed by atoms with Crippen LogP contribution in [0.15, 0.2) is 30.0 Å². The summed E-state index contributed by atoms with van der Waals surface area (Å²) in [5, 5.41) is 0. The highest BCUT2D eigenvalue weighted by Crippen LogP contribution is 2.44. The Morgan fingerprint density at radius 3 is 1.23 bits per heavy atom. The Morgan fingerprint density at radius 2 is 0.909 bits per heavy atom. The third-order valence-corrected chi connectivity index (χ3v) is 6.01. The Balaban J connectivity index is 2.49. The fraction of sp³-hybridized carbons (Fsp3) is 0. The Kier molecular flexibility index (Phi) is 3.99. The number of carbonyl (C=O) groups excluding carboxylic acids is 2. The lowest BCUT2D eigenvalue weighted by Crippen LogP contribution is -2.25. The number of rotatable bonds is 0. The molecule has 4 nitrogen and oxygen atoms in total. The molecule has 0 heterocycles. The van der Waals surface area contributed by atoms with E-state index in [1.54, 1.807) is 12.1 Å². The first-order valence-electron chi connectivity index (χ1n) is 5.90. The van der Waals surface area contributed by atoms with Crippen molar-refractivity contribution in [1.82, 2.24) is 0 Å². The zero-order valence-corrected chi connectivity index (χ0v) is 17.0. The van der Waals surface area contributed by atoms with Crippen LogP contribution in [0.4, 0.5) is 11.4 Å². The van der Waals surface area contributed by atoms with E-state index in [1.807, 2.05) is 0 Å². The van der Waals surface area contributed by atoms with E-state index >= 15 is 0 Å². The molecule has 2 aromatic carbocycles. The van der Waals surface area contributed by atoms with Crippen molar-refractivity contribution in [3.8, 4) is 0 Å². The molecule has 0 bridgehead atoms. The summed E-state index contributed by atoms with van der Waals surface area (Å²) in [7, 11) is 0. The molecule has 0 saturated carbocycles. The number of anilines is 2. The van der Waals surface area contributed by atoms with E-state index in [-0.39, 0.29) is 45.2 Å². The number of hydrogen-bond donors (Lipinski definition) is 2. The van der Waals surface area contributed by atoms with Gasteiger partial charge in [-0.3, -0.25) is 9.59 Å². The molecule has 0 aliphatic heterocycles. The zero-order chi connectivity index (χ0) is 16.3. The topological polar surface area (TPSA) is 86.2 Å². The summed E-state index contributed by atoms with van der Waals surface area (Å²) < 4.78 is 2.07. The molecule has 0 aromatic heterocycles. The molecule has 4 N–H and O–H groups in total. The quantitative estimate of drug-likeness (QED) is 0.396. The maximum atomic E-state index is 12.9. The average molecular weight is 554 g/mol. The fourth-order valence-corrected chi connectivity index (χ4v) is 5.12. The van der Waals surface area contributed by atoms with Crippen LogP contribution in [0.1, 0.15) is 31.8 Å². The largest absolute Gasteiger partial charge is 0.397 e. The first-order valence-corrected chi connectivity index (χ1v) is 9.07. The predicted molar refractivity (Wildman–Crippen MR) is 99.4 cm³/mol. The van der Waals surface area contributed by atoms with E-state index in [0.29, 0.717) is 17.9 Å². The van der Waals surface area contributed by atoms with Gasteiger partial charge in [0, 0.05) is 17.9 Å². The van der Waals surface area contributed by atoms with Gasteiger partial charge in [0.2, 0.25) is 0 Å². The number of halogens is 4. The lowest BCUT2D eigenvalue weighted by molar-refractivity contribution is 0.0979. The summed E-state index contributed by atoms with van der Waals surface area (Å²) in [4.78, 5) is 25.8. The molecule has 0 radical (unpaired) electrons. The van der Waals surface area contributed by atoms with E-state index < -0.39 is 0 Å². The van der Waals surface area contributed by atoms with Crippen LogP contribution in [-0.4, -0.2) is 11.6 Å². The summed E-state index contributed by atoms with van der Waals surface area (Å²) in [6.07, 6.45) is 0. The van der Waals surface area contributed by atoms with Gasteiger partial charge in [-0.2, -0.15) is 0 Å². The standard InChI is InChI=1S/C14H6Br4N2O2/c15-3-1-5(17)11(19)9-7(3)13(21)10-8(14(9)22)4(16)2-6(18)12(10)20/h1-2H,19-20H2. The maximum absolute atomic E-state index is 12.9. The van der Waals surface area contributed by atoms with Gasteiger partial charge in [0.1, 0.15) is 0 Å². The summed E-state index contributed by atoms with van der Waals surface area (Å²) in [5.74, 6) is -0.676. The second-order valence-corrected chi connectivity index (χ2v) is 8.08. The van der Waals surface area contributed by atoms with Crippen LogP contribution in [0, 0.1) is 0 Å². The molecule has 0 atom stereocenters. The molecule has 1 aliphatic rings. The van der Waals surface area contributed by atoms with E-state index in [9.17, 15) is 9.59 Å². The third-order valence-electron chi connectivity index (χ3n) is 3.45. The first kappa shape index (κ1) is 16.2. The van der Waals surface area contributed by atoms with E-state index in [0.717, 1.165) is 0 Å². The second kappa shape index (κ2) is 5.43. The zero-order valence-electron chi connectivity index (χ0n) is 10.6. The van der Waals surface area contributed by atoms with Crippen molar-refractivity contribution in [2.24, 2.45) is 0 Å². The van der Waals surface area contributed by atoms with Crippen LogP contribution in [0.2, 0.25) is 0 Å². The van der Waals surface area contributed by atoms with Crippen LogP contribution in [0.5, 0.6) is 0 Å². The highest BCUT2D eigenvalue weighted by molar-refractivity contribution is 9.11. The van der Waals surface area contributed by atoms with Crippen LogP contribution in [0.25, 0.3) is 0 Å². The maximum Gasteiger partial charge on any atom is 0.197 e. The van der Waals surface area contributed by atoms with Gasteiger partial charge in [0.15, 0.2) is 11.6 Å². The normalized spacial score (nSPS) is 13.1. The first-order chi connectivity index (χ1) is 10.3. The van der Waals surface area contributed by atoms with Crippen molar-refractivity contribution in [2.45, 2.75) is 0 Å². The van der Waals surface area contributed by atoms with Crippen LogP contribution >= 0.6 is 63.7 Å². The number of carbonyl (C=O) groups is 2. The molecule has 0 spiro atoms. The van der Waals surface area contributed by atoms with Crippen LogP contribution < -0.4 is 11.5 Å². The van der Waals surface area contributed by atoms with Gasteiger partial charge in [0.25, 0.3) is 0 Å². The van der Waals surface area contributed by atoms with Gasteiger partial charge in [-0.25, -0.2) is 0 Å². The van der Waals surface area contributed by atoms with E-state index in [4.69, 9.17) is 11.5 Å². The third kappa shape index (κ3) is 2.11. The lowest BCUT2D eigenvalue weighted by Gasteiger charge is -2.23. The smallest absolute Gasteiger partial charge is 0.197 e. The second-order valence-electron chi connectivity index (χ2n) is 4.67. The fourth-order valence-electron chi connectivity index (χ4n) is 2.44. The average Bonchev–Trinajstić information content (AvgIpc) is 2.44. The van der Waals surface area contributed by atoms with Crippen molar-refractivity contribution in [2.75, 3.05) is 11.5 Å². The minimum absolute atomic E-state index is 0.182. The summed E-state index contributed by atoms with van der Waals surface area (Å²) >= 11 is 13.2. The number of hydrogen-bond acceptors (Lipinski definition) is 4. The molecular weight excluding hydrogens is 548 g/mol. The molecule has 0 unspecified atom stereocenters. The van der Waals surface area contributed by atoms with Crippen molar-refractivity contribution in [3.63, 3.8) is 0 Å². The Bertz CT molecular complexity index is 820. The molecule has 1 aliphatic carbocycles. The van der Waals surface area contributed by atoms with Gasteiger partial charge >= 0.3 is 0 Å². The lowest BCUT2D eigenvalue weighted by atomic mass is 9.82. The highest BCUT2D eigenvalue weighted by atomic mass is 79.9. The Labute approximate surface area is 159 Å². The van der Waals surface area contributed by atoms with Gasteiger partial charge < -0.3 is 11.5 Å². The minimum atomic E-state index is -0.338. The van der Waals surface area contributed by atoms with E-state index in [1.165, 1.54) is 0 Å². The number of nitrogens with two attached hydrogens (primary N) is 2. The number of nitrogen functional groups attached to an aromatic ring is 2. The molecule has 0 fully saturated rings. The highest BCUT2D eigenvalue weighted by Gasteiger charge is 2.37. The number of ketones is 2. The molecule has 112 valence electrons. The summed E-state index contributed by atoms with van der Waals surface area (Å²) in [5.41, 5.74) is 13.3. The molecule has 8 heteroatoms. The number of fused-ring (bicyclic) bond motifs is 2. The van der Waals surface area contributed by atoms with Crippen molar-refractivity contribution >= 4 is 86.7 Å². The molecule has 0 amide bonds. The van der Waals surface area contributed by atoms with E-state index in [2.05, 4.69) is 63.7 Å². The van der Waals surface area contributed by atoms with Gasteiger partial charge in [0.05, 0.1) is 33.6 Å². The molecule has 3 rings (SSSR count). The Morgan fingerprint density at radius 1 is 0.591 bits per heavy atom. The Hall–Kier alpha value is -0.700. The molecular formula is C14H6Br4N2O2. The minimum Gasteiger partial charge on any atom is -0.397 e. The monoisotopic (exact) mass is 550 g/mol. The summed E-state index contributed by atoms with van der Waals surface area (Å²) in [6.45, 7) is 0.